The van der Waals surface area contributed by atoms with E-state index in [1.807, 2.05) is 24.3 Å². The highest BCUT2D eigenvalue weighted by atomic mass is 32.1. The number of carboxylic acid groups (broad SMARTS) is 1. The maximum Gasteiger partial charge on any atom is 0.358 e. The molecule has 2 aromatic heterocycles. The molecule has 2 N–H and O–H groups in total. The summed E-state index contributed by atoms with van der Waals surface area (Å²) in [7, 11) is 0. The molecule has 1 aromatic carbocycles. The van der Waals surface area contributed by atoms with E-state index in [4.69, 9.17) is 5.11 Å². The maximum atomic E-state index is 12.2. The summed E-state index contributed by atoms with van der Waals surface area (Å²) in [5, 5.41) is 12.5. The number of hydrogen-bond acceptors (Lipinski definition) is 5. The Hall–Kier alpha value is -2.80. The number of hydrogen-bond donors (Lipinski definition) is 2. The van der Waals surface area contributed by atoms with E-state index >= 15 is 0 Å². The third kappa shape index (κ3) is 2.59. The summed E-state index contributed by atoms with van der Waals surface area (Å²) in [5.41, 5.74) is -0.285. The zero-order chi connectivity index (χ0) is 14.8. The normalized spacial score (nSPS) is 10.5. The van der Waals surface area contributed by atoms with Crippen molar-refractivity contribution in [2.45, 2.75) is 0 Å². The van der Waals surface area contributed by atoms with Gasteiger partial charge in [0.05, 0.1) is 4.88 Å². The van der Waals surface area contributed by atoms with Gasteiger partial charge in [-0.15, -0.1) is 11.3 Å². The second-order valence-corrected chi connectivity index (χ2v) is 5.25. The highest BCUT2D eigenvalue weighted by Gasteiger charge is 2.17. The molecular formula is C14H9N3O3S. The van der Waals surface area contributed by atoms with Gasteiger partial charge >= 0.3 is 5.97 Å². The summed E-state index contributed by atoms with van der Waals surface area (Å²) in [6.45, 7) is 0. The van der Waals surface area contributed by atoms with Crippen LogP contribution in [-0.4, -0.2) is 27.0 Å². The lowest BCUT2D eigenvalue weighted by molar-refractivity contribution is 0.0691. The zero-order valence-electron chi connectivity index (χ0n) is 10.6. The Morgan fingerprint density at radius 2 is 1.90 bits per heavy atom. The van der Waals surface area contributed by atoms with Crippen LogP contribution in [0.1, 0.15) is 20.2 Å². The molecular weight excluding hydrogens is 290 g/mol. The van der Waals surface area contributed by atoms with Crippen molar-refractivity contribution in [3.63, 3.8) is 0 Å². The Morgan fingerprint density at radius 3 is 2.67 bits per heavy atom. The van der Waals surface area contributed by atoms with Gasteiger partial charge in [-0.1, -0.05) is 18.2 Å². The van der Waals surface area contributed by atoms with Gasteiger partial charge in [-0.2, -0.15) is 0 Å². The number of amides is 1. The van der Waals surface area contributed by atoms with Gasteiger partial charge in [0.2, 0.25) is 0 Å². The van der Waals surface area contributed by atoms with Crippen LogP contribution in [-0.2, 0) is 0 Å². The molecule has 1 amide bonds. The first-order valence-corrected chi connectivity index (χ1v) is 6.81. The molecule has 104 valence electrons. The number of benzene rings is 1. The molecule has 0 aliphatic carbocycles. The fraction of sp³-hybridized carbons (Fsp3) is 0. The lowest BCUT2D eigenvalue weighted by Gasteiger charge is -2.04. The molecule has 6 nitrogen and oxygen atoms in total. The Morgan fingerprint density at radius 1 is 1.14 bits per heavy atom. The first-order chi connectivity index (χ1) is 10.1. The quantitative estimate of drug-likeness (QED) is 0.775. The molecule has 0 spiro atoms. The van der Waals surface area contributed by atoms with E-state index in [9.17, 15) is 9.59 Å². The topological polar surface area (TPSA) is 92.2 Å². The third-order valence-electron chi connectivity index (χ3n) is 2.78. The number of rotatable bonds is 3. The first-order valence-electron chi connectivity index (χ1n) is 5.99. The summed E-state index contributed by atoms with van der Waals surface area (Å²) in [4.78, 5) is 31.3. The van der Waals surface area contributed by atoms with Crippen LogP contribution in [0.4, 0.5) is 5.82 Å². The van der Waals surface area contributed by atoms with Crippen molar-refractivity contribution in [2.24, 2.45) is 0 Å². The number of carboxylic acids is 1. The molecule has 0 aliphatic heterocycles. The minimum Gasteiger partial charge on any atom is -0.476 e. The standard InChI is InChI=1S/C14H9N3O3S/c18-13(10-7-8-3-1-2-4-9(8)21-10)17-12-11(14(19)20)15-5-6-16-12/h1-7H,(H,19,20)(H,16,17,18). The average Bonchev–Trinajstić information content (AvgIpc) is 2.91. The molecule has 0 aliphatic rings. The zero-order valence-corrected chi connectivity index (χ0v) is 11.4. The fourth-order valence-corrected chi connectivity index (χ4v) is 2.81. The summed E-state index contributed by atoms with van der Waals surface area (Å²) >= 11 is 1.33. The minimum atomic E-state index is -1.24. The third-order valence-corrected chi connectivity index (χ3v) is 3.90. The molecule has 0 saturated heterocycles. The monoisotopic (exact) mass is 299 g/mol. The molecule has 2 heterocycles. The molecule has 21 heavy (non-hydrogen) atoms. The van der Waals surface area contributed by atoms with Crippen LogP contribution >= 0.6 is 11.3 Å². The lowest BCUT2D eigenvalue weighted by atomic mass is 10.2. The fourth-order valence-electron chi connectivity index (χ4n) is 1.85. The first kappa shape index (κ1) is 13.2. The molecule has 0 unspecified atom stereocenters. The molecule has 3 aromatic rings. The van der Waals surface area contributed by atoms with Crippen molar-refractivity contribution in [1.29, 1.82) is 0 Å². The van der Waals surface area contributed by atoms with Gasteiger partial charge in [0.25, 0.3) is 5.91 Å². The minimum absolute atomic E-state index is 0.0625. The van der Waals surface area contributed by atoms with E-state index in [1.54, 1.807) is 6.07 Å². The van der Waals surface area contributed by atoms with E-state index in [1.165, 1.54) is 23.7 Å². The van der Waals surface area contributed by atoms with Crippen LogP contribution in [0.2, 0.25) is 0 Å². The van der Waals surface area contributed by atoms with Crippen molar-refractivity contribution < 1.29 is 14.7 Å². The summed E-state index contributed by atoms with van der Waals surface area (Å²) < 4.78 is 0.986. The molecule has 0 radical (unpaired) electrons. The Bertz CT molecular complexity index is 811. The Balaban J connectivity index is 1.91. The summed E-state index contributed by atoms with van der Waals surface area (Å²) in [6.07, 6.45) is 2.59. The molecule has 3 rings (SSSR count). The largest absolute Gasteiger partial charge is 0.476 e. The van der Waals surface area contributed by atoms with Crippen LogP contribution in [0.5, 0.6) is 0 Å². The van der Waals surface area contributed by atoms with Crippen LogP contribution in [0.25, 0.3) is 10.1 Å². The molecule has 0 fully saturated rings. The summed E-state index contributed by atoms with van der Waals surface area (Å²) in [6, 6.07) is 9.37. The number of carbonyl (C=O) groups excluding carboxylic acids is 1. The van der Waals surface area contributed by atoms with Crippen molar-refractivity contribution >= 4 is 39.1 Å². The maximum absolute atomic E-state index is 12.2. The Labute approximate surface area is 123 Å². The van der Waals surface area contributed by atoms with Crippen molar-refractivity contribution in [3.05, 3.63) is 53.3 Å². The Kier molecular flexibility index (Phi) is 3.33. The number of nitrogens with one attached hydrogen (secondary N) is 1. The second kappa shape index (κ2) is 5.29. The number of nitrogens with zero attached hydrogens (tertiary/aromatic N) is 2. The molecule has 0 atom stereocenters. The predicted octanol–water partition coefficient (Wildman–Crippen LogP) is 2.64. The van der Waals surface area contributed by atoms with E-state index in [2.05, 4.69) is 15.3 Å². The van der Waals surface area contributed by atoms with Crippen LogP contribution in [0.15, 0.2) is 42.7 Å². The number of thiophene rings is 1. The molecule has 0 bridgehead atoms. The van der Waals surface area contributed by atoms with Gasteiger partial charge in [-0.05, 0) is 17.5 Å². The average molecular weight is 299 g/mol. The molecule has 7 heteroatoms. The van der Waals surface area contributed by atoms with E-state index < -0.39 is 11.9 Å². The molecule has 0 saturated carbocycles. The lowest BCUT2D eigenvalue weighted by Crippen LogP contribution is -2.16. The van der Waals surface area contributed by atoms with Crippen LogP contribution in [0, 0.1) is 0 Å². The number of aromatic nitrogens is 2. The predicted molar refractivity (Wildman–Crippen MR) is 78.8 cm³/mol. The van der Waals surface area contributed by atoms with Crippen LogP contribution in [0.3, 0.4) is 0 Å². The highest BCUT2D eigenvalue weighted by molar-refractivity contribution is 7.20. The van der Waals surface area contributed by atoms with Gasteiger partial charge in [-0.25, -0.2) is 14.8 Å². The van der Waals surface area contributed by atoms with E-state index in [-0.39, 0.29) is 11.5 Å². The SMILES string of the molecule is O=C(Nc1nccnc1C(=O)O)c1cc2ccccc2s1. The van der Waals surface area contributed by atoms with Gasteiger partial charge in [0.1, 0.15) is 0 Å². The van der Waals surface area contributed by atoms with Crippen molar-refractivity contribution in [1.82, 2.24) is 9.97 Å². The van der Waals surface area contributed by atoms with E-state index in [0.717, 1.165) is 10.1 Å². The second-order valence-electron chi connectivity index (χ2n) is 4.16. The highest BCUT2D eigenvalue weighted by Crippen LogP contribution is 2.26. The van der Waals surface area contributed by atoms with Gasteiger partial charge in [0.15, 0.2) is 11.5 Å². The van der Waals surface area contributed by atoms with Gasteiger partial charge in [-0.3, -0.25) is 4.79 Å². The van der Waals surface area contributed by atoms with Crippen LogP contribution < -0.4 is 5.32 Å². The number of aromatic carboxylic acids is 1. The van der Waals surface area contributed by atoms with Gasteiger partial charge in [0, 0.05) is 17.1 Å². The van der Waals surface area contributed by atoms with Crippen molar-refractivity contribution in [3.8, 4) is 0 Å². The number of anilines is 1. The smallest absolute Gasteiger partial charge is 0.358 e. The number of fused-ring (bicyclic) bond motifs is 1. The number of carbonyl (C=O) groups is 2. The van der Waals surface area contributed by atoms with Gasteiger partial charge < -0.3 is 10.4 Å². The van der Waals surface area contributed by atoms with E-state index in [0.29, 0.717) is 4.88 Å². The van der Waals surface area contributed by atoms with Crippen molar-refractivity contribution in [2.75, 3.05) is 5.32 Å². The summed E-state index contributed by atoms with van der Waals surface area (Å²) in [5.74, 6) is -1.71.